The number of para-hydroxylation sites is 3. The van der Waals surface area contributed by atoms with Crippen molar-refractivity contribution in [1.82, 2.24) is 0 Å². The molecule has 1 aromatic heterocycles. The first-order chi connectivity index (χ1) is 11.6. The maximum Gasteiger partial charge on any atom is 0.294 e. The molecule has 3 aromatic rings. The van der Waals surface area contributed by atoms with E-state index >= 15 is 0 Å². The summed E-state index contributed by atoms with van der Waals surface area (Å²) < 4.78 is 11.2. The third-order valence-electron chi connectivity index (χ3n) is 3.97. The number of ether oxygens (including phenoxy) is 1. The van der Waals surface area contributed by atoms with Crippen molar-refractivity contribution >= 4 is 28.5 Å². The summed E-state index contributed by atoms with van der Waals surface area (Å²) in [6.07, 6.45) is -0.895. The van der Waals surface area contributed by atoms with E-state index in [1.54, 1.807) is 36.4 Å². The van der Waals surface area contributed by atoms with Gasteiger partial charge in [0.15, 0.2) is 11.9 Å². The topological polar surface area (TPSA) is 85.8 Å². The minimum absolute atomic E-state index is 0.0439. The Morgan fingerprint density at radius 2 is 1.83 bits per heavy atom. The number of carbonyl (C=O) groups is 2. The summed E-state index contributed by atoms with van der Waals surface area (Å²) in [6.45, 7) is 0.0439. The number of primary amides is 1. The highest BCUT2D eigenvalue weighted by atomic mass is 16.5. The van der Waals surface area contributed by atoms with E-state index in [1.165, 1.54) is 4.90 Å². The van der Waals surface area contributed by atoms with Gasteiger partial charge in [0.25, 0.3) is 11.8 Å². The lowest BCUT2D eigenvalue weighted by Crippen LogP contribution is -2.49. The molecule has 0 saturated heterocycles. The monoisotopic (exact) mass is 322 g/mol. The van der Waals surface area contributed by atoms with E-state index in [2.05, 4.69) is 0 Å². The molecule has 0 bridgehead atoms. The zero-order valence-corrected chi connectivity index (χ0v) is 12.6. The Morgan fingerprint density at radius 1 is 1.08 bits per heavy atom. The molecule has 6 heteroatoms. The molecule has 0 fully saturated rings. The number of nitrogens with two attached hydrogens (primary N) is 1. The van der Waals surface area contributed by atoms with Crippen LogP contribution in [0.25, 0.3) is 11.0 Å². The SMILES string of the molecule is NC(=O)C1CN(C(=O)c2cc3ccccc3o2)c2ccccc2O1. The molecule has 0 saturated carbocycles. The van der Waals surface area contributed by atoms with Crippen molar-refractivity contribution in [2.75, 3.05) is 11.4 Å². The molecule has 1 aliphatic rings. The fraction of sp³-hybridized carbons (Fsp3) is 0.111. The van der Waals surface area contributed by atoms with Crippen LogP contribution in [0.15, 0.2) is 59.0 Å². The normalized spacial score (nSPS) is 16.5. The molecule has 1 atom stereocenters. The quantitative estimate of drug-likeness (QED) is 0.784. The Kier molecular flexibility index (Phi) is 3.23. The molecule has 6 nitrogen and oxygen atoms in total. The highest BCUT2D eigenvalue weighted by Gasteiger charge is 2.34. The van der Waals surface area contributed by atoms with Crippen molar-refractivity contribution in [3.05, 3.63) is 60.4 Å². The Bertz CT molecular complexity index is 914. The summed E-state index contributed by atoms with van der Waals surface area (Å²) in [7, 11) is 0. The van der Waals surface area contributed by atoms with Crippen LogP contribution in [0.1, 0.15) is 10.6 Å². The molecule has 4 rings (SSSR count). The van der Waals surface area contributed by atoms with Crippen LogP contribution in [0.3, 0.4) is 0 Å². The Labute approximate surface area is 137 Å². The molecular weight excluding hydrogens is 308 g/mol. The number of fused-ring (bicyclic) bond motifs is 2. The molecule has 24 heavy (non-hydrogen) atoms. The molecule has 2 aromatic carbocycles. The lowest BCUT2D eigenvalue weighted by molar-refractivity contribution is -0.124. The van der Waals surface area contributed by atoms with Gasteiger partial charge in [-0.3, -0.25) is 14.5 Å². The number of rotatable bonds is 2. The minimum Gasteiger partial charge on any atom is -0.477 e. The van der Waals surface area contributed by atoms with Gasteiger partial charge in [0.05, 0.1) is 12.2 Å². The molecule has 2 heterocycles. The van der Waals surface area contributed by atoms with Crippen LogP contribution in [-0.4, -0.2) is 24.5 Å². The lowest BCUT2D eigenvalue weighted by atomic mass is 10.1. The van der Waals surface area contributed by atoms with Crippen molar-refractivity contribution in [2.24, 2.45) is 5.73 Å². The molecule has 120 valence electrons. The average molecular weight is 322 g/mol. The first-order valence-corrected chi connectivity index (χ1v) is 7.49. The van der Waals surface area contributed by atoms with Gasteiger partial charge in [0.1, 0.15) is 11.3 Å². The summed E-state index contributed by atoms with van der Waals surface area (Å²) in [5.41, 5.74) is 6.58. The number of anilines is 1. The van der Waals surface area contributed by atoms with Crippen LogP contribution in [0.5, 0.6) is 5.75 Å². The number of hydrogen-bond donors (Lipinski definition) is 1. The predicted molar refractivity (Wildman–Crippen MR) is 87.9 cm³/mol. The maximum atomic E-state index is 12.9. The van der Waals surface area contributed by atoms with E-state index in [0.29, 0.717) is 17.0 Å². The zero-order valence-electron chi connectivity index (χ0n) is 12.6. The molecule has 2 amide bonds. The van der Waals surface area contributed by atoms with Gasteiger partial charge in [-0.05, 0) is 24.3 Å². The molecule has 0 aliphatic carbocycles. The van der Waals surface area contributed by atoms with E-state index < -0.39 is 12.0 Å². The summed E-state index contributed by atoms with van der Waals surface area (Å²) >= 11 is 0. The lowest BCUT2D eigenvalue weighted by Gasteiger charge is -2.32. The molecular formula is C18H14N2O4. The Hall–Kier alpha value is -3.28. The van der Waals surface area contributed by atoms with Gasteiger partial charge in [-0.2, -0.15) is 0 Å². The van der Waals surface area contributed by atoms with Gasteiger partial charge in [-0.1, -0.05) is 30.3 Å². The standard InChI is InChI=1S/C18H14N2O4/c19-17(21)16-10-20(12-6-2-4-8-14(12)24-16)18(22)15-9-11-5-1-3-7-13(11)23-15/h1-9,16H,10H2,(H2,19,21). The van der Waals surface area contributed by atoms with Gasteiger partial charge in [0, 0.05) is 5.39 Å². The number of furan rings is 1. The van der Waals surface area contributed by atoms with E-state index in [0.717, 1.165) is 5.39 Å². The third-order valence-corrected chi connectivity index (χ3v) is 3.97. The van der Waals surface area contributed by atoms with Crippen LogP contribution in [0.2, 0.25) is 0 Å². The fourth-order valence-corrected chi connectivity index (χ4v) is 2.80. The van der Waals surface area contributed by atoms with Crippen LogP contribution >= 0.6 is 0 Å². The third kappa shape index (κ3) is 2.28. The van der Waals surface area contributed by atoms with Crippen molar-refractivity contribution in [3.8, 4) is 5.75 Å². The minimum atomic E-state index is -0.895. The number of nitrogens with zero attached hydrogens (tertiary/aromatic N) is 1. The van der Waals surface area contributed by atoms with Crippen LogP contribution < -0.4 is 15.4 Å². The summed E-state index contributed by atoms with van der Waals surface area (Å²) in [4.78, 5) is 25.9. The molecule has 2 N–H and O–H groups in total. The van der Waals surface area contributed by atoms with Crippen molar-refractivity contribution in [2.45, 2.75) is 6.10 Å². The van der Waals surface area contributed by atoms with Gasteiger partial charge >= 0.3 is 0 Å². The average Bonchev–Trinajstić information content (AvgIpc) is 3.04. The van der Waals surface area contributed by atoms with Crippen LogP contribution in [0, 0.1) is 0 Å². The number of hydrogen-bond acceptors (Lipinski definition) is 4. The fourth-order valence-electron chi connectivity index (χ4n) is 2.80. The van der Waals surface area contributed by atoms with E-state index in [-0.39, 0.29) is 18.2 Å². The van der Waals surface area contributed by atoms with Crippen molar-refractivity contribution in [1.29, 1.82) is 0 Å². The smallest absolute Gasteiger partial charge is 0.294 e. The van der Waals surface area contributed by atoms with Gasteiger partial charge in [0.2, 0.25) is 0 Å². The van der Waals surface area contributed by atoms with E-state index in [9.17, 15) is 9.59 Å². The number of carbonyl (C=O) groups excluding carboxylic acids is 2. The first kappa shape index (κ1) is 14.3. The second-order valence-corrected chi connectivity index (χ2v) is 5.54. The summed E-state index contributed by atoms with van der Waals surface area (Å²) in [5.74, 6) is -0.312. The number of amides is 2. The van der Waals surface area contributed by atoms with Gasteiger partial charge in [-0.25, -0.2) is 0 Å². The zero-order chi connectivity index (χ0) is 16.7. The molecule has 1 aliphatic heterocycles. The Balaban J connectivity index is 1.76. The highest BCUT2D eigenvalue weighted by molar-refractivity contribution is 6.08. The highest BCUT2D eigenvalue weighted by Crippen LogP contribution is 2.34. The first-order valence-electron chi connectivity index (χ1n) is 7.49. The second kappa shape index (κ2) is 5.42. The number of benzene rings is 2. The van der Waals surface area contributed by atoms with Crippen LogP contribution in [0.4, 0.5) is 5.69 Å². The van der Waals surface area contributed by atoms with Gasteiger partial charge < -0.3 is 14.9 Å². The predicted octanol–water partition coefficient (Wildman–Crippen LogP) is 2.33. The Morgan fingerprint density at radius 3 is 2.62 bits per heavy atom. The molecule has 1 unspecified atom stereocenters. The summed E-state index contributed by atoms with van der Waals surface area (Å²) in [5, 5.41) is 0.842. The molecule has 0 radical (unpaired) electrons. The van der Waals surface area contributed by atoms with Crippen molar-refractivity contribution < 1.29 is 18.7 Å². The second-order valence-electron chi connectivity index (χ2n) is 5.54. The maximum absolute atomic E-state index is 12.9. The van der Waals surface area contributed by atoms with Gasteiger partial charge in [-0.15, -0.1) is 0 Å². The largest absolute Gasteiger partial charge is 0.477 e. The van der Waals surface area contributed by atoms with Crippen molar-refractivity contribution in [3.63, 3.8) is 0 Å². The van der Waals surface area contributed by atoms with E-state index in [1.807, 2.05) is 18.2 Å². The molecule has 0 spiro atoms. The van der Waals surface area contributed by atoms with Crippen LogP contribution in [-0.2, 0) is 4.79 Å². The summed E-state index contributed by atoms with van der Waals surface area (Å²) in [6, 6.07) is 16.1. The van der Waals surface area contributed by atoms with E-state index in [4.69, 9.17) is 14.9 Å².